The maximum Gasteiger partial charge on any atom is 0.419 e. The van der Waals surface area contributed by atoms with Gasteiger partial charge in [-0.2, -0.15) is 13.2 Å². The number of nitrogens with zero attached hydrogens (tertiary/aromatic N) is 1. The number of hydrogen-bond acceptors (Lipinski definition) is 0. The lowest BCUT2D eigenvalue weighted by molar-refractivity contribution is -0.659. The molecule has 1 aromatic heterocycles. The Kier molecular flexibility index (Phi) is 4.65. The van der Waals surface area contributed by atoms with Gasteiger partial charge in [-0.15, -0.1) is 0 Å². The Labute approximate surface area is 141 Å². The van der Waals surface area contributed by atoms with Crippen molar-refractivity contribution in [2.45, 2.75) is 39.7 Å². The highest BCUT2D eigenvalue weighted by Gasteiger charge is 2.35. The van der Waals surface area contributed by atoms with E-state index in [1.165, 1.54) is 5.19 Å². The molecule has 0 aliphatic heterocycles. The van der Waals surface area contributed by atoms with Crippen LogP contribution >= 0.6 is 0 Å². The van der Waals surface area contributed by atoms with Gasteiger partial charge in [0, 0.05) is 11.3 Å². The Hall–Kier alpha value is -1.69. The topological polar surface area (TPSA) is 3.88 Å². The average molecular weight is 356 g/mol. The number of hydrogen-bond donors (Lipinski definition) is 0. The van der Waals surface area contributed by atoms with E-state index in [4.69, 9.17) is 0 Å². The molecule has 24 heavy (non-hydrogen) atoms. The Morgan fingerprint density at radius 3 is 2.04 bits per heavy atom. The molecule has 0 fully saturated rings. The van der Waals surface area contributed by atoms with E-state index in [0.717, 1.165) is 17.7 Å². The maximum atomic E-state index is 14.0. The summed E-state index contributed by atoms with van der Waals surface area (Å²) in [6.07, 6.45) is -2.67. The molecular formula is C18H22F4NSi+. The van der Waals surface area contributed by atoms with Crippen molar-refractivity contribution < 1.29 is 22.1 Å². The molecule has 1 nitrogen and oxygen atoms in total. The normalized spacial score (nSPS) is 12.6. The number of halogens is 4. The van der Waals surface area contributed by atoms with Crippen LogP contribution in [0.4, 0.5) is 17.6 Å². The van der Waals surface area contributed by atoms with Crippen LogP contribution < -0.4 is 9.75 Å². The van der Waals surface area contributed by atoms with E-state index in [0.29, 0.717) is 16.8 Å². The number of aryl methyl sites for hydroxylation is 3. The van der Waals surface area contributed by atoms with Gasteiger partial charge in [0.05, 0.1) is 19.2 Å². The first kappa shape index (κ1) is 18.6. The Bertz CT molecular complexity index is 722. The second kappa shape index (κ2) is 5.99. The fourth-order valence-corrected chi connectivity index (χ4v) is 4.81. The van der Waals surface area contributed by atoms with Crippen molar-refractivity contribution in [3.63, 3.8) is 0 Å². The minimum Gasteiger partial charge on any atom is -0.206 e. The lowest BCUT2D eigenvalue weighted by Crippen LogP contribution is -2.46. The van der Waals surface area contributed by atoms with E-state index in [1.807, 2.05) is 30.8 Å². The highest BCUT2D eigenvalue weighted by Crippen LogP contribution is 2.34. The molecule has 0 radical (unpaired) electrons. The summed E-state index contributed by atoms with van der Waals surface area (Å²) >= 11 is 0. The smallest absolute Gasteiger partial charge is 0.206 e. The van der Waals surface area contributed by atoms with Gasteiger partial charge in [-0.1, -0.05) is 19.6 Å². The quantitative estimate of drug-likeness (QED) is 0.424. The van der Waals surface area contributed by atoms with Gasteiger partial charge in [0.25, 0.3) is 0 Å². The standard InChI is InChI=1S/C18H22F4NSi/c1-11-7-14(18(20,21)22)15(19)9-13(11)16-8-12(2)17(10-23(16)3)24(4,5)6/h7-10H,1-6H3/q+1. The van der Waals surface area contributed by atoms with Crippen molar-refractivity contribution in [2.75, 3.05) is 0 Å². The van der Waals surface area contributed by atoms with Crippen LogP contribution in [0.5, 0.6) is 0 Å². The third-order valence-corrected chi connectivity index (χ3v) is 6.32. The van der Waals surface area contributed by atoms with Gasteiger partial charge in [0.2, 0.25) is 5.69 Å². The van der Waals surface area contributed by atoms with Gasteiger partial charge >= 0.3 is 6.18 Å². The first-order valence-electron chi connectivity index (χ1n) is 7.71. The average Bonchev–Trinajstić information content (AvgIpc) is 2.41. The van der Waals surface area contributed by atoms with Crippen LogP contribution in [-0.2, 0) is 13.2 Å². The van der Waals surface area contributed by atoms with Crippen LogP contribution in [0.1, 0.15) is 16.7 Å². The minimum absolute atomic E-state index is 0.402. The first-order valence-corrected chi connectivity index (χ1v) is 11.2. The molecular weight excluding hydrogens is 334 g/mol. The molecule has 2 aromatic rings. The van der Waals surface area contributed by atoms with Crippen molar-refractivity contribution >= 4 is 13.3 Å². The summed E-state index contributed by atoms with van der Waals surface area (Å²) < 4.78 is 54.4. The molecule has 2 rings (SSSR count). The number of aromatic nitrogens is 1. The highest BCUT2D eigenvalue weighted by atomic mass is 28.3. The molecule has 0 bridgehead atoms. The van der Waals surface area contributed by atoms with E-state index in [-0.39, 0.29) is 0 Å². The summed E-state index contributed by atoms with van der Waals surface area (Å²) in [6, 6.07) is 3.80. The lowest BCUT2D eigenvalue weighted by atomic mass is 10.00. The van der Waals surface area contributed by atoms with Crippen molar-refractivity contribution in [2.24, 2.45) is 7.05 Å². The molecule has 0 saturated carbocycles. The van der Waals surface area contributed by atoms with Crippen molar-refractivity contribution in [1.29, 1.82) is 0 Å². The minimum atomic E-state index is -4.69. The summed E-state index contributed by atoms with van der Waals surface area (Å²) in [6.45, 7) is 10.3. The fraction of sp³-hybridized carbons (Fsp3) is 0.389. The molecule has 0 aliphatic carbocycles. The summed E-state index contributed by atoms with van der Waals surface area (Å²) in [4.78, 5) is 0. The van der Waals surface area contributed by atoms with Gasteiger partial charge in [0.1, 0.15) is 12.9 Å². The van der Waals surface area contributed by atoms with Crippen LogP contribution in [0, 0.1) is 19.7 Å². The van der Waals surface area contributed by atoms with Gasteiger partial charge in [0.15, 0.2) is 6.20 Å². The molecule has 0 atom stereocenters. The van der Waals surface area contributed by atoms with E-state index in [1.54, 1.807) is 6.92 Å². The number of alkyl halides is 3. The molecule has 1 heterocycles. The number of rotatable bonds is 2. The Balaban J connectivity index is 2.66. The van der Waals surface area contributed by atoms with E-state index in [2.05, 4.69) is 19.6 Å². The Morgan fingerprint density at radius 1 is 0.958 bits per heavy atom. The second-order valence-electron chi connectivity index (χ2n) is 7.26. The maximum absolute atomic E-state index is 14.0. The summed E-state index contributed by atoms with van der Waals surface area (Å²) in [5, 5.41) is 1.28. The van der Waals surface area contributed by atoms with Gasteiger partial charge in [-0.3, -0.25) is 0 Å². The second-order valence-corrected chi connectivity index (χ2v) is 12.3. The fourth-order valence-electron chi connectivity index (χ4n) is 2.98. The van der Waals surface area contributed by atoms with Gasteiger partial charge in [-0.05, 0) is 37.1 Å². The van der Waals surface area contributed by atoms with Crippen LogP contribution in [0.3, 0.4) is 0 Å². The van der Waals surface area contributed by atoms with Crippen LogP contribution in [0.2, 0.25) is 19.6 Å². The molecule has 130 valence electrons. The molecule has 0 amide bonds. The lowest BCUT2D eigenvalue weighted by Gasteiger charge is -2.19. The zero-order valence-electron chi connectivity index (χ0n) is 14.8. The van der Waals surface area contributed by atoms with Gasteiger partial charge in [-0.25, -0.2) is 8.96 Å². The first-order chi connectivity index (χ1) is 10.8. The largest absolute Gasteiger partial charge is 0.419 e. The summed E-state index contributed by atoms with van der Waals surface area (Å²) in [5.74, 6) is -1.24. The van der Waals surface area contributed by atoms with E-state index >= 15 is 0 Å². The molecule has 0 saturated heterocycles. The SMILES string of the molecule is Cc1cc(C(F)(F)F)c(F)cc1-c1cc(C)c([Si](C)(C)C)c[n+]1C. The van der Waals surface area contributed by atoms with Crippen molar-refractivity contribution in [3.8, 4) is 11.3 Å². The molecule has 1 aromatic carbocycles. The Morgan fingerprint density at radius 2 is 1.54 bits per heavy atom. The summed E-state index contributed by atoms with van der Waals surface area (Å²) in [5.41, 5.74) is 1.45. The van der Waals surface area contributed by atoms with Crippen LogP contribution in [0.15, 0.2) is 24.4 Å². The number of benzene rings is 1. The molecule has 0 unspecified atom stereocenters. The highest BCUT2D eigenvalue weighted by molar-refractivity contribution is 6.88. The molecule has 0 spiro atoms. The molecule has 0 aliphatic rings. The summed E-state index contributed by atoms with van der Waals surface area (Å²) in [7, 11) is 0.306. The molecule has 0 N–H and O–H groups in total. The third kappa shape index (κ3) is 3.53. The van der Waals surface area contributed by atoms with Crippen LogP contribution in [-0.4, -0.2) is 8.07 Å². The van der Waals surface area contributed by atoms with E-state index < -0.39 is 25.6 Å². The number of pyridine rings is 1. The zero-order chi connectivity index (χ0) is 18.4. The monoisotopic (exact) mass is 356 g/mol. The third-order valence-electron chi connectivity index (χ3n) is 4.18. The zero-order valence-corrected chi connectivity index (χ0v) is 15.8. The van der Waals surface area contributed by atoms with Crippen molar-refractivity contribution in [3.05, 3.63) is 46.9 Å². The molecule has 6 heteroatoms. The van der Waals surface area contributed by atoms with Crippen molar-refractivity contribution in [1.82, 2.24) is 0 Å². The van der Waals surface area contributed by atoms with E-state index in [9.17, 15) is 17.6 Å². The van der Waals surface area contributed by atoms with Gasteiger partial charge < -0.3 is 0 Å². The predicted octanol–water partition coefficient (Wildman–Crippen LogP) is 4.50. The van der Waals surface area contributed by atoms with Crippen LogP contribution in [0.25, 0.3) is 11.3 Å². The predicted molar refractivity (Wildman–Crippen MR) is 90.5 cm³/mol.